The van der Waals surface area contributed by atoms with Gasteiger partial charge in [-0.25, -0.2) is 8.42 Å². The highest BCUT2D eigenvalue weighted by Crippen LogP contribution is 2.18. The largest absolute Gasteiger partial charge is 0.463 e. The maximum atomic E-state index is 12.5. The van der Waals surface area contributed by atoms with Crippen LogP contribution in [0.15, 0.2) is 23.4 Å². The fraction of sp³-hybridized carbons (Fsp3) is 0.500. The van der Waals surface area contributed by atoms with Crippen molar-refractivity contribution in [3.63, 3.8) is 0 Å². The van der Waals surface area contributed by atoms with Gasteiger partial charge in [-0.15, -0.1) is 0 Å². The van der Waals surface area contributed by atoms with Gasteiger partial charge in [-0.2, -0.15) is 14.9 Å². The van der Waals surface area contributed by atoms with Crippen molar-refractivity contribution in [1.29, 1.82) is 0 Å². The number of carbonyl (C=O) groups excluding carboxylic acids is 1. The van der Waals surface area contributed by atoms with E-state index in [1.807, 2.05) is 0 Å². The van der Waals surface area contributed by atoms with Crippen LogP contribution in [-0.2, 0) is 33.1 Å². The van der Waals surface area contributed by atoms with Crippen molar-refractivity contribution in [3.05, 3.63) is 29.8 Å². The van der Waals surface area contributed by atoms with E-state index in [0.717, 1.165) is 0 Å². The lowest BCUT2D eigenvalue weighted by Gasteiger charge is -2.14. The van der Waals surface area contributed by atoms with E-state index < -0.39 is 22.0 Å². The SMILES string of the molecule is Cc1nn(C)c(C)c1S(=O)(=O)NC(C)C(=O)OCCn1cccn1. The number of ether oxygens (including phenoxy) is 1. The molecule has 0 saturated heterocycles. The van der Waals surface area contributed by atoms with Gasteiger partial charge in [0.1, 0.15) is 17.5 Å². The molecule has 0 amide bonds. The summed E-state index contributed by atoms with van der Waals surface area (Å²) in [6, 6.07) is 0.753. The second kappa shape index (κ2) is 7.14. The molecule has 24 heavy (non-hydrogen) atoms. The van der Waals surface area contributed by atoms with Gasteiger partial charge < -0.3 is 4.74 Å². The van der Waals surface area contributed by atoms with E-state index in [-0.39, 0.29) is 11.5 Å². The summed E-state index contributed by atoms with van der Waals surface area (Å²) < 4.78 is 35.5. The normalized spacial score (nSPS) is 13.0. The zero-order chi connectivity index (χ0) is 17.9. The molecule has 0 aliphatic rings. The van der Waals surface area contributed by atoms with Gasteiger partial charge in [0.15, 0.2) is 0 Å². The van der Waals surface area contributed by atoms with E-state index in [1.165, 1.54) is 11.6 Å². The Morgan fingerprint density at radius 1 is 1.42 bits per heavy atom. The minimum Gasteiger partial charge on any atom is -0.463 e. The molecule has 0 spiro atoms. The Labute approximate surface area is 140 Å². The van der Waals surface area contributed by atoms with Crippen LogP contribution in [0.25, 0.3) is 0 Å². The average molecular weight is 355 g/mol. The summed E-state index contributed by atoms with van der Waals surface area (Å²) in [7, 11) is -2.20. The summed E-state index contributed by atoms with van der Waals surface area (Å²) in [5, 5.41) is 8.06. The van der Waals surface area contributed by atoms with Crippen molar-refractivity contribution in [2.75, 3.05) is 6.61 Å². The van der Waals surface area contributed by atoms with Crippen LogP contribution in [0.5, 0.6) is 0 Å². The average Bonchev–Trinajstić information content (AvgIpc) is 3.07. The molecule has 10 heteroatoms. The Balaban J connectivity index is 1.97. The van der Waals surface area contributed by atoms with Crippen LogP contribution in [0.3, 0.4) is 0 Å². The molecule has 2 rings (SSSR count). The zero-order valence-electron chi connectivity index (χ0n) is 14.1. The monoisotopic (exact) mass is 355 g/mol. The fourth-order valence-corrected chi connectivity index (χ4v) is 3.91. The molecule has 2 aromatic rings. The second-order valence-corrected chi connectivity index (χ2v) is 7.05. The van der Waals surface area contributed by atoms with Gasteiger partial charge >= 0.3 is 5.97 Å². The van der Waals surface area contributed by atoms with Gasteiger partial charge in [0.05, 0.1) is 17.9 Å². The maximum Gasteiger partial charge on any atom is 0.323 e. The topological polar surface area (TPSA) is 108 Å². The molecule has 0 aliphatic heterocycles. The first kappa shape index (κ1) is 18.1. The van der Waals surface area contributed by atoms with Gasteiger partial charge in [0, 0.05) is 19.4 Å². The molecule has 132 valence electrons. The second-order valence-electron chi connectivity index (χ2n) is 5.40. The van der Waals surface area contributed by atoms with Crippen molar-refractivity contribution in [2.24, 2.45) is 7.05 Å². The molecular weight excluding hydrogens is 334 g/mol. The van der Waals surface area contributed by atoms with Gasteiger partial charge in [-0.05, 0) is 26.8 Å². The van der Waals surface area contributed by atoms with E-state index in [4.69, 9.17) is 4.74 Å². The molecule has 1 atom stereocenters. The van der Waals surface area contributed by atoms with E-state index in [9.17, 15) is 13.2 Å². The molecule has 2 heterocycles. The number of hydrogen-bond acceptors (Lipinski definition) is 6. The molecule has 0 bridgehead atoms. The van der Waals surface area contributed by atoms with Gasteiger partial charge in [0.25, 0.3) is 0 Å². The number of esters is 1. The predicted octanol–water partition coefficient (Wildman–Crippen LogP) is 0.144. The summed E-state index contributed by atoms with van der Waals surface area (Å²) in [6.45, 7) is 5.21. The van der Waals surface area contributed by atoms with Crippen LogP contribution in [-0.4, -0.2) is 46.6 Å². The third-order valence-electron chi connectivity index (χ3n) is 3.52. The van der Waals surface area contributed by atoms with Crippen molar-refractivity contribution < 1.29 is 17.9 Å². The van der Waals surface area contributed by atoms with Crippen LogP contribution in [0.1, 0.15) is 18.3 Å². The van der Waals surface area contributed by atoms with Crippen molar-refractivity contribution in [2.45, 2.75) is 38.3 Å². The van der Waals surface area contributed by atoms with Crippen LogP contribution < -0.4 is 4.72 Å². The third kappa shape index (κ3) is 4.01. The molecule has 0 radical (unpaired) electrons. The van der Waals surface area contributed by atoms with Crippen LogP contribution >= 0.6 is 0 Å². The number of rotatable bonds is 7. The van der Waals surface area contributed by atoms with Crippen LogP contribution in [0, 0.1) is 13.8 Å². The first-order valence-electron chi connectivity index (χ1n) is 7.39. The fourth-order valence-electron chi connectivity index (χ4n) is 2.28. The predicted molar refractivity (Wildman–Crippen MR) is 85.7 cm³/mol. The Morgan fingerprint density at radius 3 is 2.67 bits per heavy atom. The molecular formula is C14H21N5O4S. The number of aryl methyl sites for hydroxylation is 2. The molecule has 1 unspecified atom stereocenters. The van der Waals surface area contributed by atoms with Gasteiger partial charge in [-0.1, -0.05) is 0 Å². The number of sulfonamides is 1. The molecule has 0 aliphatic carbocycles. The highest BCUT2D eigenvalue weighted by Gasteiger charge is 2.28. The molecule has 2 aromatic heterocycles. The molecule has 0 saturated carbocycles. The van der Waals surface area contributed by atoms with Crippen LogP contribution in [0.2, 0.25) is 0 Å². The van der Waals surface area contributed by atoms with E-state index in [0.29, 0.717) is 17.9 Å². The Bertz CT molecular complexity index is 811. The van der Waals surface area contributed by atoms with Crippen molar-refractivity contribution in [3.8, 4) is 0 Å². The maximum absolute atomic E-state index is 12.5. The number of nitrogens with one attached hydrogen (secondary N) is 1. The zero-order valence-corrected chi connectivity index (χ0v) is 14.9. The lowest BCUT2D eigenvalue weighted by atomic mass is 10.4. The lowest BCUT2D eigenvalue weighted by molar-refractivity contribution is -0.145. The third-order valence-corrected chi connectivity index (χ3v) is 5.31. The first-order valence-corrected chi connectivity index (χ1v) is 8.87. The summed E-state index contributed by atoms with van der Waals surface area (Å²) in [5.74, 6) is -0.648. The first-order chi connectivity index (χ1) is 11.2. The smallest absolute Gasteiger partial charge is 0.323 e. The summed E-state index contributed by atoms with van der Waals surface area (Å²) >= 11 is 0. The van der Waals surface area contributed by atoms with E-state index in [1.54, 1.807) is 44.0 Å². The number of carbonyl (C=O) groups is 1. The highest BCUT2D eigenvalue weighted by atomic mass is 32.2. The number of nitrogens with zero attached hydrogens (tertiary/aromatic N) is 4. The van der Waals surface area contributed by atoms with Crippen molar-refractivity contribution >= 4 is 16.0 Å². The quantitative estimate of drug-likeness (QED) is 0.708. The highest BCUT2D eigenvalue weighted by molar-refractivity contribution is 7.89. The standard InChI is InChI=1S/C14H21N5O4S/c1-10-13(12(3)18(4)16-10)24(21,22)17-11(2)14(20)23-9-8-19-7-5-6-15-19/h5-7,11,17H,8-9H2,1-4H3. The summed E-state index contributed by atoms with van der Waals surface area (Å²) in [4.78, 5) is 12.0. The van der Waals surface area contributed by atoms with E-state index >= 15 is 0 Å². The lowest BCUT2D eigenvalue weighted by Crippen LogP contribution is -2.40. The number of aromatic nitrogens is 4. The Hall–Kier alpha value is -2.20. The summed E-state index contributed by atoms with van der Waals surface area (Å²) in [6.07, 6.45) is 3.37. The summed E-state index contributed by atoms with van der Waals surface area (Å²) in [5.41, 5.74) is 0.876. The molecule has 0 aromatic carbocycles. The van der Waals surface area contributed by atoms with Crippen molar-refractivity contribution in [1.82, 2.24) is 24.3 Å². The minimum absolute atomic E-state index is 0.0844. The van der Waals surface area contributed by atoms with Gasteiger partial charge in [0.2, 0.25) is 10.0 Å². The minimum atomic E-state index is -3.87. The molecule has 9 nitrogen and oxygen atoms in total. The Morgan fingerprint density at radius 2 is 2.12 bits per heavy atom. The van der Waals surface area contributed by atoms with Crippen LogP contribution in [0.4, 0.5) is 0 Å². The molecule has 1 N–H and O–H groups in total. The Kier molecular flexibility index (Phi) is 5.40. The molecule has 0 fully saturated rings. The van der Waals surface area contributed by atoms with Gasteiger partial charge in [-0.3, -0.25) is 14.2 Å². The number of hydrogen-bond donors (Lipinski definition) is 1. The van der Waals surface area contributed by atoms with E-state index in [2.05, 4.69) is 14.9 Å².